The summed E-state index contributed by atoms with van der Waals surface area (Å²) in [6.07, 6.45) is 1.24. The molecule has 11 heteroatoms. The van der Waals surface area contributed by atoms with Gasteiger partial charge in [0.1, 0.15) is 24.9 Å². The van der Waals surface area contributed by atoms with Crippen LogP contribution in [0.1, 0.15) is 23.6 Å². The summed E-state index contributed by atoms with van der Waals surface area (Å²) in [5.74, 6) is -0.408. The molecule has 2 amide bonds. The van der Waals surface area contributed by atoms with Crippen molar-refractivity contribution in [1.29, 1.82) is 0 Å². The molecule has 0 radical (unpaired) electrons. The Morgan fingerprint density at radius 3 is 2.07 bits per heavy atom. The van der Waals surface area contributed by atoms with Gasteiger partial charge in [-0.3, -0.25) is 13.9 Å². The van der Waals surface area contributed by atoms with E-state index in [-0.39, 0.29) is 24.6 Å². The number of halogens is 2. The Labute approximate surface area is 274 Å². The average molecular weight is 669 g/mol. The lowest BCUT2D eigenvalue weighted by atomic mass is 10.0. The topological polar surface area (TPSA) is 96.0 Å². The Hall–Kier alpha value is -4.05. The van der Waals surface area contributed by atoms with E-state index in [1.807, 2.05) is 60.7 Å². The van der Waals surface area contributed by atoms with E-state index in [0.717, 1.165) is 21.7 Å². The Kier molecular flexibility index (Phi) is 11.9. The fourth-order valence-corrected chi connectivity index (χ4v) is 6.06. The van der Waals surface area contributed by atoms with Crippen molar-refractivity contribution < 1.29 is 22.7 Å². The van der Waals surface area contributed by atoms with Gasteiger partial charge in [0.25, 0.3) is 0 Å². The van der Waals surface area contributed by atoms with Gasteiger partial charge in [0.15, 0.2) is 0 Å². The molecule has 0 unspecified atom stereocenters. The normalized spacial score (nSPS) is 11.8. The zero-order chi connectivity index (χ0) is 32.4. The molecule has 0 saturated heterocycles. The number of benzene rings is 4. The number of nitrogens with one attached hydrogen (secondary N) is 1. The van der Waals surface area contributed by atoms with Crippen LogP contribution in [0.4, 0.5) is 5.69 Å². The van der Waals surface area contributed by atoms with Crippen molar-refractivity contribution in [3.8, 4) is 5.75 Å². The van der Waals surface area contributed by atoms with Gasteiger partial charge < -0.3 is 15.0 Å². The zero-order valence-electron chi connectivity index (χ0n) is 25.0. The molecule has 236 valence electrons. The van der Waals surface area contributed by atoms with E-state index in [0.29, 0.717) is 34.5 Å². The van der Waals surface area contributed by atoms with Crippen molar-refractivity contribution in [1.82, 2.24) is 10.2 Å². The summed E-state index contributed by atoms with van der Waals surface area (Å²) in [6.45, 7) is 1.89. The quantitative estimate of drug-likeness (QED) is 0.175. The predicted molar refractivity (Wildman–Crippen MR) is 179 cm³/mol. The van der Waals surface area contributed by atoms with Gasteiger partial charge in [-0.05, 0) is 60.0 Å². The molecule has 0 aliphatic heterocycles. The highest BCUT2D eigenvalue weighted by atomic mass is 35.5. The standard InChI is InChI=1S/C34H35Cl2N3O5S/c1-3-37-34(41)32(20-25-10-6-4-7-11-25)38(22-27-14-15-28(35)21-31(27)36)33(40)23-39(45(2,42)43)29-16-18-30(19-17-29)44-24-26-12-8-5-9-13-26/h4-19,21,32H,3,20,22-24H2,1-2H3,(H,37,41)/t32-/m0/s1. The first-order valence-corrected chi connectivity index (χ1v) is 16.9. The number of nitrogens with zero attached hydrogens (tertiary/aromatic N) is 2. The van der Waals surface area contributed by atoms with Crippen molar-refractivity contribution in [3.63, 3.8) is 0 Å². The van der Waals surface area contributed by atoms with E-state index in [2.05, 4.69) is 5.32 Å². The summed E-state index contributed by atoms with van der Waals surface area (Å²) in [7, 11) is -3.92. The first-order chi connectivity index (χ1) is 21.5. The van der Waals surface area contributed by atoms with E-state index in [1.54, 1.807) is 49.4 Å². The van der Waals surface area contributed by atoms with Crippen molar-refractivity contribution in [3.05, 3.63) is 130 Å². The Morgan fingerprint density at radius 1 is 0.867 bits per heavy atom. The lowest BCUT2D eigenvalue weighted by Crippen LogP contribution is -2.53. The summed E-state index contributed by atoms with van der Waals surface area (Å²) in [6, 6.07) is 29.4. The molecule has 1 atom stereocenters. The highest BCUT2D eigenvalue weighted by molar-refractivity contribution is 7.92. The van der Waals surface area contributed by atoms with Crippen LogP contribution in [0.25, 0.3) is 0 Å². The number of sulfonamides is 1. The highest BCUT2D eigenvalue weighted by Crippen LogP contribution is 2.26. The molecule has 4 rings (SSSR count). The van der Waals surface area contributed by atoms with E-state index < -0.39 is 28.5 Å². The van der Waals surface area contributed by atoms with Gasteiger partial charge in [-0.25, -0.2) is 8.42 Å². The highest BCUT2D eigenvalue weighted by Gasteiger charge is 2.33. The fourth-order valence-electron chi connectivity index (χ4n) is 4.74. The van der Waals surface area contributed by atoms with Gasteiger partial charge in [0, 0.05) is 29.6 Å². The van der Waals surface area contributed by atoms with Crippen molar-refractivity contribution in [2.24, 2.45) is 0 Å². The number of ether oxygens (including phenoxy) is 1. The summed E-state index contributed by atoms with van der Waals surface area (Å²) < 4.78 is 32.9. The molecular weight excluding hydrogens is 633 g/mol. The molecule has 0 aromatic heterocycles. The molecule has 4 aromatic rings. The van der Waals surface area contributed by atoms with Gasteiger partial charge in [-0.15, -0.1) is 0 Å². The second kappa shape index (κ2) is 15.8. The van der Waals surface area contributed by atoms with Crippen LogP contribution in [0.3, 0.4) is 0 Å². The summed E-state index contributed by atoms with van der Waals surface area (Å²) in [5.41, 5.74) is 2.66. The monoisotopic (exact) mass is 667 g/mol. The summed E-state index contributed by atoms with van der Waals surface area (Å²) in [5, 5.41) is 3.57. The molecular formula is C34H35Cl2N3O5S. The number of likely N-dealkylation sites (N-methyl/N-ethyl adjacent to an activating group) is 1. The third-order valence-corrected chi connectivity index (χ3v) is 8.76. The molecule has 0 fully saturated rings. The number of amides is 2. The van der Waals surface area contributed by atoms with Crippen molar-refractivity contribution >= 4 is 50.7 Å². The first kappa shape index (κ1) is 33.8. The smallest absolute Gasteiger partial charge is 0.244 e. The molecule has 4 aromatic carbocycles. The van der Waals surface area contributed by atoms with Crippen LogP contribution >= 0.6 is 23.2 Å². The Bertz CT molecular complexity index is 1690. The SMILES string of the molecule is CCNC(=O)[C@H](Cc1ccccc1)N(Cc1ccc(Cl)cc1Cl)C(=O)CN(c1ccc(OCc2ccccc2)cc1)S(C)(=O)=O. The lowest BCUT2D eigenvalue weighted by Gasteiger charge is -2.33. The predicted octanol–water partition coefficient (Wildman–Crippen LogP) is 6.11. The van der Waals surface area contributed by atoms with Gasteiger partial charge in [0.05, 0.1) is 11.9 Å². The summed E-state index contributed by atoms with van der Waals surface area (Å²) >= 11 is 12.6. The second-order valence-corrected chi connectivity index (χ2v) is 13.1. The minimum atomic E-state index is -3.92. The van der Waals surface area contributed by atoms with E-state index in [4.69, 9.17) is 27.9 Å². The Morgan fingerprint density at radius 2 is 1.49 bits per heavy atom. The zero-order valence-corrected chi connectivity index (χ0v) is 27.4. The van der Waals surface area contributed by atoms with E-state index >= 15 is 0 Å². The minimum absolute atomic E-state index is 0.0483. The maximum Gasteiger partial charge on any atom is 0.244 e. The minimum Gasteiger partial charge on any atom is -0.489 e. The molecule has 0 saturated carbocycles. The van der Waals surface area contributed by atoms with Crippen LogP contribution < -0.4 is 14.4 Å². The third kappa shape index (κ3) is 9.72. The molecule has 0 aliphatic rings. The van der Waals surface area contributed by atoms with E-state index in [1.165, 1.54) is 4.90 Å². The van der Waals surface area contributed by atoms with Crippen molar-refractivity contribution in [2.75, 3.05) is 23.7 Å². The van der Waals surface area contributed by atoms with Crippen LogP contribution in [-0.4, -0.2) is 50.5 Å². The van der Waals surface area contributed by atoms with Gasteiger partial charge in [-0.2, -0.15) is 0 Å². The molecule has 45 heavy (non-hydrogen) atoms. The molecule has 0 heterocycles. The van der Waals surface area contributed by atoms with Gasteiger partial charge in [0.2, 0.25) is 21.8 Å². The second-order valence-electron chi connectivity index (χ2n) is 10.4. The van der Waals surface area contributed by atoms with Crippen molar-refractivity contribution in [2.45, 2.75) is 32.5 Å². The average Bonchev–Trinajstić information content (AvgIpc) is 3.02. The number of carbonyl (C=O) groups excluding carboxylic acids is 2. The molecule has 0 aliphatic carbocycles. The van der Waals surface area contributed by atoms with Crippen LogP contribution in [-0.2, 0) is 39.2 Å². The lowest BCUT2D eigenvalue weighted by molar-refractivity contribution is -0.140. The van der Waals surface area contributed by atoms with Gasteiger partial charge >= 0.3 is 0 Å². The fraction of sp³-hybridized carbons (Fsp3) is 0.235. The summed E-state index contributed by atoms with van der Waals surface area (Å²) in [4.78, 5) is 29.0. The van der Waals surface area contributed by atoms with Crippen LogP contribution in [0.15, 0.2) is 103 Å². The number of hydrogen-bond donors (Lipinski definition) is 1. The molecule has 0 spiro atoms. The first-order valence-electron chi connectivity index (χ1n) is 14.3. The van der Waals surface area contributed by atoms with Crippen LogP contribution in [0.2, 0.25) is 10.0 Å². The maximum atomic E-state index is 14.2. The maximum absolute atomic E-state index is 14.2. The van der Waals surface area contributed by atoms with Crippen LogP contribution in [0, 0.1) is 0 Å². The largest absolute Gasteiger partial charge is 0.489 e. The van der Waals surface area contributed by atoms with Crippen LogP contribution in [0.5, 0.6) is 5.75 Å². The van der Waals surface area contributed by atoms with Gasteiger partial charge in [-0.1, -0.05) is 89.9 Å². The number of rotatable bonds is 14. The molecule has 0 bridgehead atoms. The molecule has 8 nitrogen and oxygen atoms in total. The number of carbonyl (C=O) groups is 2. The number of anilines is 1. The molecule has 1 N–H and O–H groups in total. The van der Waals surface area contributed by atoms with E-state index in [9.17, 15) is 18.0 Å². The third-order valence-electron chi connectivity index (χ3n) is 7.03. The Balaban J connectivity index is 1.65. The number of hydrogen-bond acceptors (Lipinski definition) is 5.